The van der Waals surface area contributed by atoms with E-state index >= 15 is 0 Å². The van der Waals surface area contributed by atoms with E-state index in [-0.39, 0.29) is 47.8 Å². The van der Waals surface area contributed by atoms with E-state index in [1.165, 1.54) is 44.5 Å². The van der Waals surface area contributed by atoms with E-state index < -0.39 is 24.4 Å². The third kappa shape index (κ3) is 10.2. The van der Waals surface area contributed by atoms with Gasteiger partial charge in [0, 0.05) is 45.9 Å². The maximum atomic E-state index is 11.1. The molecule has 0 unspecified atom stereocenters. The van der Waals surface area contributed by atoms with Gasteiger partial charge in [-0.15, -0.1) is 0 Å². The Hall–Kier alpha value is -11.6. The highest BCUT2D eigenvalue weighted by atomic mass is 16.3. The fourth-order valence-electron chi connectivity index (χ4n) is 18.1. The van der Waals surface area contributed by atoms with Gasteiger partial charge < -0.3 is 38.7 Å². The molecule has 16 heteroatoms. The molecule has 0 radical (unpaired) electrons. The number of rotatable bonds is 4. The second kappa shape index (κ2) is 25.4. The van der Waals surface area contributed by atoms with Gasteiger partial charge in [0.25, 0.3) is 0 Å². The van der Waals surface area contributed by atoms with Crippen LogP contribution in [-0.2, 0) is 25.7 Å². The molecule has 0 saturated heterocycles. The molecule has 488 valence electrons. The average molecular weight is 1310 g/mol. The summed E-state index contributed by atoms with van der Waals surface area (Å²) in [5, 5.41) is 81.4. The number of aliphatic hydroxyl groups is 4. The first-order valence-corrected chi connectivity index (χ1v) is 34.4. The number of hydrogen-bond donors (Lipinski definition) is 4. The highest BCUT2D eigenvalue weighted by molar-refractivity contribution is 5.72. The highest BCUT2D eigenvalue weighted by Crippen LogP contribution is 2.55. The van der Waals surface area contributed by atoms with Crippen molar-refractivity contribution in [1.29, 1.82) is 21.0 Å². The third-order valence-corrected chi connectivity index (χ3v) is 22.7. The number of nitriles is 4. The molecule has 4 aliphatic heterocycles. The number of nitrogens with zero attached hydrogens (tertiary/aromatic N) is 12. The van der Waals surface area contributed by atoms with E-state index in [2.05, 4.69) is 135 Å². The molecule has 0 fully saturated rings. The summed E-state index contributed by atoms with van der Waals surface area (Å²) in [6, 6.07) is 65.3. The molecule has 0 bridgehead atoms. The zero-order chi connectivity index (χ0) is 67.9. The minimum atomic E-state index is -0.580. The van der Waals surface area contributed by atoms with Crippen LogP contribution in [0.15, 0.2) is 220 Å². The van der Waals surface area contributed by atoms with Crippen LogP contribution in [0.2, 0.25) is 0 Å². The van der Waals surface area contributed by atoms with E-state index in [1.54, 1.807) is 0 Å². The monoisotopic (exact) mass is 1310 g/mol. The van der Waals surface area contributed by atoms with Gasteiger partial charge in [0.1, 0.15) is 0 Å². The van der Waals surface area contributed by atoms with Crippen LogP contribution < -0.4 is 0 Å². The van der Waals surface area contributed by atoms with Crippen molar-refractivity contribution in [3.8, 4) is 69.3 Å². The summed E-state index contributed by atoms with van der Waals surface area (Å²) in [6.45, 7) is 0. The zero-order valence-corrected chi connectivity index (χ0v) is 54.5. The molecule has 0 amide bonds. The van der Waals surface area contributed by atoms with E-state index in [9.17, 15) is 41.5 Å². The summed E-state index contributed by atoms with van der Waals surface area (Å²) in [4.78, 5) is 17.3. The molecule has 0 spiro atoms. The molecule has 100 heavy (non-hydrogen) atoms. The second-order valence-corrected chi connectivity index (χ2v) is 27.6. The van der Waals surface area contributed by atoms with Crippen LogP contribution in [0.1, 0.15) is 163 Å². The van der Waals surface area contributed by atoms with Crippen molar-refractivity contribution in [2.24, 2.45) is 23.7 Å². The fourth-order valence-corrected chi connectivity index (χ4v) is 18.1. The Kier molecular flexibility index (Phi) is 15.7. The number of aliphatic hydroxyl groups excluding tert-OH is 4. The first-order valence-electron chi connectivity index (χ1n) is 34.4. The Morgan fingerprint density at radius 3 is 0.730 bits per heavy atom. The lowest BCUT2D eigenvalue weighted by molar-refractivity contribution is 0.0718. The minimum Gasteiger partial charge on any atom is -0.388 e. The zero-order valence-electron chi connectivity index (χ0n) is 54.5. The smallest absolute Gasteiger partial charge is 0.0991 e. The molecule has 12 aromatic rings. The van der Waals surface area contributed by atoms with Gasteiger partial charge in [-0.2, -0.15) is 21.0 Å². The van der Waals surface area contributed by atoms with E-state index in [0.29, 0.717) is 22.3 Å². The molecule has 4 aromatic heterocycles. The van der Waals surface area contributed by atoms with Gasteiger partial charge in [0.15, 0.2) is 0 Å². The second-order valence-electron chi connectivity index (χ2n) is 27.6. The molecule has 16 nitrogen and oxygen atoms in total. The van der Waals surface area contributed by atoms with Crippen LogP contribution in [0.3, 0.4) is 0 Å². The van der Waals surface area contributed by atoms with Crippen LogP contribution in [0.5, 0.6) is 0 Å². The predicted molar refractivity (Wildman–Crippen MR) is 375 cm³/mol. The Labute approximate surface area is 578 Å². The number of aromatic nitrogens is 8. The largest absolute Gasteiger partial charge is 0.388 e. The minimum absolute atomic E-state index is 0.0676. The lowest BCUT2D eigenvalue weighted by Gasteiger charge is -2.35. The van der Waals surface area contributed by atoms with Crippen molar-refractivity contribution in [3.63, 3.8) is 0 Å². The number of hydrogen-bond acceptors (Lipinski definition) is 12. The van der Waals surface area contributed by atoms with Crippen molar-refractivity contribution in [1.82, 2.24) is 38.2 Å². The van der Waals surface area contributed by atoms with Crippen molar-refractivity contribution in [3.05, 3.63) is 309 Å². The normalized spacial score (nSPS) is 23.4. The molecular weight excluding hydrogens is 1240 g/mol. The Balaban J connectivity index is 0.0000000997. The van der Waals surface area contributed by atoms with Gasteiger partial charge in [-0.3, -0.25) is 0 Å². The summed E-state index contributed by atoms with van der Waals surface area (Å²) in [7, 11) is 0. The van der Waals surface area contributed by atoms with Gasteiger partial charge in [-0.25, -0.2) is 19.9 Å². The molecule has 8 aromatic carbocycles. The van der Waals surface area contributed by atoms with Crippen molar-refractivity contribution >= 4 is 0 Å². The lowest BCUT2D eigenvalue weighted by atomic mass is 9.75. The summed E-state index contributed by atoms with van der Waals surface area (Å²) >= 11 is 0. The molecule has 0 saturated carbocycles. The van der Waals surface area contributed by atoms with Gasteiger partial charge in [-0.1, -0.05) is 121 Å². The van der Waals surface area contributed by atoms with Gasteiger partial charge in [-0.05, 0) is 167 Å². The van der Waals surface area contributed by atoms with Gasteiger partial charge in [0.2, 0.25) is 0 Å². The molecular formula is C84H68N12O4. The number of benzene rings is 8. The summed E-state index contributed by atoms with van der Waals surface area (Å²) in [5.74, 6) is 0.271. The van der Waals surface area contributed by atoms with Crippen LogP contribution in [-0.4, -0.2) is 58.6 Å². The lowest BCUT2D eigenvalue weighted by Crippen LogP contribution is -2.28. The average Bonchev–Trinajstić information content (AvgIpc) is 1.61. The Morgan fingerprint density at radius 2 is 0.510 bits per heavy atom. The first kappa shape index (κ1) is 62.0. The quantitative estimate of drug-likeness (QED) is 0.128. The van der Waals surface area contributed by atoms with Crippen LogP contribution >= 0.6 is 0 Å². The highest BCUT2D eigenvalue weighted by Gasteiger charge is 2.45. The summed E-state index contributed by atoms with van der Waals surface area (Å²) < 4.78 is 8.77. The Bertz CT molecular complexity index is 4720. The van der Waals surface area contributed by atoms with Crippen LogP contribution in [0.25, 0.3) is 45.0 Å². The van der Waals surface area contributed by atoms with E-state index in [4.69, 9.17) is 0 Å². The van der Waals surface area contributed by atoms with Gasteiger partial charge in [0.05, 0.1) is 168 Å². The SMILES string of the molecule is N#Cc1ccc2c(c1)[C@@H](O)[C@H]([C@@H]1c3ccccc3-c3cncn31)CC2.N#Cc1ccc2c(c1)[C@H](O)[C@@H]([C@@H]1c3ccccc3-c3cncn31)CC2.N#Cc1ccc2c(c1)[C@H](O)[C@@H]([C@H]1c3ccccc3-c3cncn31)CC2.N#Cc1ccc2c(c1)[C@H](O)[C@H]([C@@H]1c3ccccc3-c3cncn31)CC2. The fraction of sp³-hybridized carbons (Fsp3) is 0.238. The van der Waals surface area contributed by atoms with E-state index in [1.807, 2.05) is 147 Å². The summed E-state index contributed by atoms with van der Waals surface area (Å²) in [6.07, 6.45) is 20.1. The third-order valence-electron chi connectivity index (χ3n) is 22.7. The molecule has 20 rings (SSSR count). The van der Waals surface area contributed by atoms with Crippen molar-refractivity contribution in [2.45, 2.75) is 99.9 Å². The topological polar surface area (TPSA) is 247 Å². The molecule has 4 N–H and O–H groups in total. The standard InChI is InChI=1S/4C21H17N3O/c4*22-10-13-5-6-14-7-8-17(21(25)18(14)9-13)20-16-4-2-1-3-15(16)19-11-23-12-24(19)20/h4*1-6,9,11-12,17,20-21,25H,7-8H2/t17-,20+,21-;17-,20-,21+;2*17-,20-,21-/m1010/s1. The van der Waals surface area contributed by atoms with Crippen LogP contribution in [0, 0.1) is 69.0 Å². The molecule has 4 aliphatic carbocycles. The number of imidazole rings is 4. The predicted octanol–water partition coefficient (Wildman–Crippen LogP) is 14.5. The Morgan fingerprint density at radius 1 is 0.290 bits per heavy atom. The first-order chi connectivity index (χ1) is 49.1. The molecule has 8 aliphatic rings. The summed E-state index contributed by atoms with van der Waals surface area (Å²) in [5.41, 5.74) is 24.9. The maximum Gasteiger partial charge on any atom is 0.0991 e. The van der Waals surface area contributed by atoms with Crippen molar-refractivity contribution in [2.75, 3.05) is 0 Å². The van der Waals surface area contributed by atoms with Crippen molar-refractivity contribution < 1.29 is 20.4 Å². The molecule has 8 heterocycles. The number of fused-ring (bicyclic) bond motifs is 16. The van der Waals surface area contributed by atoms with Crippen LogP contribution in [0.4, 0.5) is 0 Å². The number of aryl methyl sites for hydroxylation is 4. The van der Waals surface area contributed by atoms with E-state index in [0.717, 1.165) is 119 Å². The maximum absolute atomic E-state index is 11.1. The van der Waals surface area contributed by atoms with Gasteiger partial charge >= 0.3 is 0 Å². The molecule has 12 atom stereocenters.